The summed E-state index contributed by atoms with van der Waals surface area (Å²) in [7, 11) is 0. The van der Waals surface area contributed by atoms with Crippen LogP contribution in [-0.4, -0.2) is 29.0 Å². The van der Waals surface area contributed by atoms with Crippen molar-refractivity contribution in [2.75, 3.05) is 12.1 Å². The van der Waals surface area contributed by atoms with Crippen LogP contribution in [0.25, 0.3) is 0 Å². The van der Waals surface area contributed by atoms with Gasteiger partial charge in [0, 0.05) is 18.2 Å². The number of rotatable bonds is 3. The van der Waals surface area contributed by atoms with Crippen LogP contribution in [0, 0.1) is 0 Å². The van der Waals surface area contributed by atoms with E-state index >= 15 is 0 Å². The van der Waals surface area contributed by atoms with Gasteiger partial charge in [-0.3, -0.25) is 9.59 Å². The van der Waals surface area contributed by atoms with Crippen molar-refractivity contribution in [2.24, 2.45) is 10.7 Å². The Morgan fingerprint density at radius 3 is 3.00 bits per heavy atom. The molecule has 2 amide bonds. The molecule has 2 heterocycles. The zero-order valence-corrected chi connectivity index (χ0v) is 11.1. The SMILES string of the molecule is NC1=NC(=O)[C@@H](CC(=O)Nc2ccc3c(c2)OCO3)S1. The third-order valence-corrected chi connectivity index (χ3v) is 3.77. The minimum atomic E-state index is -0.538. The van der Waals surface area contributed by atoms with Gasteiger partial charge in [0.2, 0.25) is 12.7 Å². The molecule has 0 radical (unpaired) electrons. The van der Waals surface area contributed by atoms with E-state index in [9.17, 15) is 9.59 Å². The number of amidine groups is 1. The summed E-state index contributed by atoms with van der Waals surface area (Å²) in [6.07, 6.45) is 0.0299. The molecule has 104 valence electrons. The number of aliphatic imine (C=N–C) groups is 1. The van der Waals surface area contributed by atoms with Crippen molar-refractivity contribution < 1.29 is 19.1 Å². The summed E-state index contributed by atoms with van der Waals surface area (Å²) in [5, 5.41) is 2.37. The van der Waals surface area contributed by atoms with Crippen molar-refractivity contribution in [2.45, 2.75) is 11.7 Å². The Morgan fingerprint density at radius 2 is 2.25 bits per heavy atom. The molecular weight excluding hydrogens is 282 g/mol. The molecule has 7 nitrogen and oxygen atoms in total. The van der Waals surface area contributed by atoms with E-state index in [-0.39, 0.29) is 30.2 Å². The first-order valence-electron chi connectivity index (χ1n) is 5.86. The predicted octanol–water partition coefficient (Wildman–Crippen LogP) is 0.701. The van der Waals surface area contributed by atoms with Crippen molar-refractivity contribution in [3.63, 3.8) is 0 Å². The van der Waals surface area contributed by atoms with Crippen molar-refractivity contribution in [3.8, 4) is 11.5 Å². The third kappa shape index (κ3) is 2.55. The lowest BCUT2D eigenvalue weighted by Gasteiger charge is -2.08. The molecule has 2 aliphatic rings. The average Bonchev–Trinajstić information content (AvgIpc) is 2.96. The molecule has 0 unspecified atom stereocenters. The van der Waals surface area contributed by atoms with E-state index in [2.05, 4.69) is 10.3 Å². The van der Waals surface area contributed by atoms with Gasteiger partial charge in [0.05, 0.1) is 0 Å². The first kappa shape index (κ1) is 12.8. The minimum Gasteiger partial charge on any atom is -0.454 e. The van der Waals surface area contributed by atoms with Crippen LogP contribution < -0.4 is 20.5 Å². The maximum absolute atomic E-state index is 11.9. The fourth-order valence-corrected chi connectivity index (χ4v) is 2.71. The minimum absolute atomic E-state index is 0.0299. The highest BCUT2D eigenvalue weighted by molar-refractivity contribution is 8.15. The van der Waals surface area contributed by atoms with Crippen molar-refractivity contribution in [3.05, 3.63) is 18.2 Å². The molecule has 0 bridgehead atoms. The van der Waals surface area contributed by atoms with E-state index in [4.69, 9.17) is 15.2 Å². The number of carbonyl (C=O) groups excluding carboxylic acids is 2. The molecule has 20 heavy (non-hydrogen) atoms. The highest BCUT2D eigenvalue weighted by Gasteiger charge is 2.29. The molecule has 0 fully saturated rings. The van der Waals surface area contributed by atoms with Gasteiger partial charge >= 0.3 is 0 Å². The number of nitrogens with one attached hydrogen (secondary N) is 1. The van der Waals surface area contributed by atoms with Crippen LogP contribution in [0.4, 0.5) is 5.69 Å². The van der Waals surface area contributed by atoms with Gasteiger partial charge < -0.3 is 20.5 Å². The fourth-order valence-electron chi connectivity index (χ4n) is 1.89. The molecule has 2 aliphatic heterocycles. The van der Waals surface area contributed by atoms with Crippen LogP contribution >= 0.6 is 11.8 Å². The van der Waals surface area contributed by atoms with Crippen LogP contribution in [0.3, 0.4) is 0 Å². The summed E-state index contributed by atoms with van der Waals surface area (Å²) in [6.45, 7) is 0.177. The monoisotopic (exact) mass is 293 g/mol. The van der Waals surface area contributed by atoms with E-state index < -0.39 is 5.25 Å². The molecular formula is C12H11N3O4S. The van der Waals surface area contributed by atoms with Gasteiger partial charge in [0.15, 0.2) is 16.7 Å². The summed E-state index contributed by atoms with van der Waals surface area (Å²) in [4.78, 5) is 26.9. The Kier molecular flexibility index (Phi) is 3.23. The Labute approximate surface area is 118 Å². The number of anilines is 1. The summed E-state index contributed by atoms with van der Waals surface area (Å²) < 4.78 is 10.4. The quantitative estimate of drug-likeness (QED) is 0.850. The van der Waals surface area contributed by atoms with Crippen LogP contribution in [0.2, 0.25) is 0 Å². The number of nitrogens with two attached hydrogens (primary N) is 1. The van der Waals surface area contributed by atoms with Gasteiger partial charge in [-0.1, -0.05) is 11.8 Å². The van der Waals surface area contributed by atoms with E-state index in [1.807, 2.05) is 0 Å². The van der Waals surface area contributed by atoms with Crippen molar-refractivity contribution in [1.82, 2.24) is 0 Å². The lowest BCUT2D eigenvalue weighted by atomic mass is 10.2. The first-order chi connectivity index (χ1) is 9.61. The molecule has 3 rings (SSSR count). The molecule has 1 atom stereocenters. The molecule has 3 N–H and O–H groups in total. The number of fused-ring (bicyclic) bond motifs is 1. The lowest BCUT2D eigenvalue weighted by Crippen LogP contribution is -2.21. The van der Waals surface area contributed by atoms with Gasteiger partial charge in [-0.2, -0.15) is 4.99 Å². The number of nitrogens with zero attached hydrogens (tertiary/aromatic N) is 1. The van der Waals surface area contributed by atoms with Crippen molar-refractivity contribution >= 4 is 34.4 Å². The Hall–Kier alpha value is -2.22. The van der Waals surface area contributed by atoms with Crippen LogP contribution in [0.5, 0.6) is 11.5 Å². The summed E-state index contributed by atoms with van der Waals surface area (Å²) >= 11 is 1.11. The van der Waals surface area contributed by atoms with Crippen LogP contribution in [0.1, 0.15) is 6.42 Å². The number of hydrogen-bond donors (Lipinski definition) is 2. The fraction of sp³-hybridized carbons (Fsp3) is 0.250. The summed E-state index contributed by atoms with van der Waals surface area (Å²) in [6, 6.07) is 5.10. The molecule has 0 aliphatic carbocycles. The zero-order chi connectivity index (χ0) is 14.1. The number of ether oxygens (including phenoxy) is 2. The number of benzene rings is 1. The van der Waals surface area contributed by atoms with Crippen LogP contribution in [0.15, 0.2) is 23.2 Å². The van der Waals surface area contributed by atoms with E-state index in [1.54, 1.807) is 18.2 Å². The second kappa shape index (κ2) is 5.04. The van der Waals surface area contributed by atoms with E-state index in [0.29, 0.717) is 17.2 Å². The van der Waals surface area contributed by atoms with Crippen LogP contribution in [-0.2, 0) is 9.59 Å². The van der Waals surface area contributed by atoms with Gasteiger partial charge in [0.1, 0.15) is 5.25 Å². The molecule has 0 saturated heterocycles. The number of amides is 2. The molecule has 8 heteroatoms. The van der Waals surface area contributed by atoms with Gasteiger partial charge in [-0.25, -0.2) is 0 Å². The average molecular weight is 293 g/mol. The first-order valence-corrected chi connectivity index (χ1v) is 6.74. The molecule has 0 saturated carbocycles. The normalized spacial score (nSPS) is 19.9. The van der Waals surface area contributed by atoms with Gasteiger partial charge in [0.25, 0.3) is 5.91 Å². The Balaban J connectivity index is 1.61. The summed E-state index contributed by atoms with van der Waals surface area (Å²) in [5.41, 5.74) is 6.02. The Morgan fingerprint density at radius 1 is 1.45 bits per heavy atom. The number of carbonyl (C=O) groups is 2. The third-order valence-electron chi connectivity index (χ3n) is 2.79. The molecule has 0 aromatic heterocycles. The molecule has 1 aromatic carbocycles. The largest absolute Gasteiger partial charge is 0.454 e. The maximum Gasteiger partial charge on any atom is 0.262 e. The maximum atomic E-state index is 11.9. The number of hydrogen-bond acceptors (Lipinski definition) is 6. The zero-order valence-electron chi connectivity index (χ0n) is 10.3. The topological polar surface area (TPSA) is 103 Å². The predicted molar refractivity (Wildman–Crippen MR) is 73.8 cm³/mol. The second-order valence-corrected chi connectivity index (χ2v) is 5.44. The van der Waals surface area contributed by atoms with Gasteiger partial charge in [-0.15, -0.1) is 0 Å². The summed E-state index contributed by atoms with van der Waals surface area (Å²) in [5.74, 6) is 0.584. The lowest BCUT2D eigenvalue weighted by molar-refractivity contribution is -0.121. The Bertz CT molecular complexity index is 617. The van der Waals surface area contributed by atoms with E-state index in [1.165, 1.54) is 0 Å². The smallest absolute Gasteiger partial charge is 0.262 e. The van der Waals surface area contributed by atoms with E-state index in [0.717, 1.165) is 11.8 Å². The second-order valence-electron chi connectivity index (χ2n) is 4.22. The highest BCUT2D eigenvalue weighted by Crippen LogP contribution is 2.34. The highest BCUT2D eigenvalue weighted by atomic mass is 32.2. The molecule has 1 aromatic rings. The van der Waals surface area contributed by atoms with Gasteiger partial charge in [-0.05, 0) is 12.1 Å². The molecule has 0 spiro atoms. The van der Waals surface area contributed by atoms with Crippen molar-refractivity contribution in [1.29, 1.82) is 0 Å². The number of thioether (sulfide) groups is 1. The standard InChI is InChI=1S/C12H11N3O4S/c13-12-15-11(17)9(20-12)4-10(16)14-6-1-2-7-8(3-6)19-5-18-7/h1-3,9H,4-5H2,(H,14,16)(H2,13,15,17)/t9-/m1/s1.